The lowest BCUT2D eigenvalue weighted by atomic mass is 10.0. The fourth-order valence-electron chi connectivity index (χ4n) is 2.19. The number of benzene rings is 2. The van der Waals surface area contributed by atoms with Gasteiger partial charge in [-0.2, -0.15) is 0 Å². The first-order chi connectivity index (χ1) is 10.0. The van der Waals surface area contributed by atoms with E-state index in [9.17, 15) is 14.7 Å². The molecular formula is C16H9BrNO3-. The molecule has 1 heterocycles. The predicted molar refractivity (Wildman–Crippen MR) is 81.4 cm³/mol. The third-order valence-corrected chi connectivity index (χ3v) is 3.72. The van der Waals surface area contributed by atoms with E-state index in [1.807, 2.05) is 18.2 Å². The largest absolute Gasteiger partial charge is 0.545 e. The summed E-state index contributed by atoms with van der Waals surface area (Å²) >= 11 is 3.38. The van der Waals surface area contributed by atoms with Crippen LogP contribution in [0.4, 0.5) is 5.69 Å². The second-order valence-electron chi connectivity index (χ2n) is 4.61. The second kappa shape index (κ2) is 5.18. The first-order valence-corrected chi connectivity index (χ1v) is 6.98. The van der Waals surface area contributed by atoms with Crippen LogP contribution < -0.4 is 10.4 Å². The molecule has 1 N–H and O–H groups in total. The molecule has 0 spiro atoms. The van der Waals surface area contributed by atoms with Gasteiger partial charge in [0.1, 0.15) is 0 Å². The molecule has 0 aromatic heterocycles. The van der Waals surface area contributed by atoms with Crippen LogP contribution in [-0.2, 0) is 4.79 Å². The van der Waals surface area contributed by atoms with E-state index in [1.54, 1.807) is 18.2 Å². The van der Waals surface area contributed by atoms with E-state index in [0.29, 0.717) is 5.57 Å². The lowest BCUT2D eigenvalue weighted by Crippen LogP contribution is -2.21. The van der Waals surface area contributed by atoms with Crippen LogP contribution in [0.1, 0.15) is 21.5 Å². The van der Waals surface area contributed by atoms with Gasteiger partial charge in [-0.05, 0) is 35.4 Å². The highest BCUT2D eigenvalue weighted by Gasteiger charge is 2.23. The topological polar surface area (TPSA) is 69.2 Å². The Morgan fingerprint density at radius 2 is 1.86 bits per heavy atom. The van der Waals surface area contributed by atoms with Gasteiger partial charge >= 0.3 is 0 Å². The van der Waals surface area contributed by atoms with Crippen molar-refractivity contribution >= 4 is 45.1 Å². The Morgan fingerprint density at radius 1 is 1.14 bits per heavy atom. The van der Waals surface area contributed by atoms with Crippen molar-refractivity contribution in [3.63, 3.8) is 0 Å². The fraction of sp³-hybridized carbons (Fsp3) is 0. The monoisotopic (exact) mass is 342 g/mol. The number of amides is 1. The maximum Gasteiger partial charge on any atom is 0.256 e. The molecule has 3 rings (SSSR count). The molecule has 5 heteroatoms. The predicted octanol–water partition coefficient (Wildman–Crippen LogP) is 2.31. The average molecular weight is 343 g/mol. The van der Waals surface area contributed by atoms with Crippen LogP contribution in [-0.4, -0.2) is 11.9 Å². The standard InChI is InChI=1S/C16H10BrNO3/c17-11-5-6-14-12(8-11)13(15(19)18-14)7-9-1-3-10(4-2-9)16(20)21/h1-8H,(H,18,19)(H,20,21)/p-1/b13-7-. The molecule has 2 aromatic rings. The molecule has 1 aliphatic heterocycles. The minimum atomic E-state index is -1.22. The van der Waals surface area contributed by atoms with E-state index in [0.717, 1.165) is 21.3 Å². The molecule has 1 aliphatic rings. The highest BCUT2D eigenvalue weighted by molar-refractivity contribution is 9.10. The summed E-state index contributed by atoms with van der Waals surface area (Å²) in [5, 5.41) is 13.5. The average Bonchev–Trinajstić information content (AvgIpc) is 2.76. The van der Waals surface area contributed by atoms with Gasteiger partial charge in [0, 0.05) is 21.3 Å². The number of carboxylic acids is 1. The first kappa shape index (κ1) is 13.6. The summed E-state index contributed by atoms with van der Waals surface area (Å²) in [5.41, 5.74) is 2.99. The van der Waals surface area contributed by atoms with E-state index in [-0.39, 0.29) is 11.5 Å². The van der Waals surface area contributed by atoms with Gasteiger partial charge in [-0.3, -0.25) is 4.79 Å². The SMILES string of the molecule is O=C1Nc2ccc(Br)cc2/C1=C/c1ccc(C(=O)[O-])cc1. The summed E-state index contributed by atoms with van der Waals surface area (Å²) in [5.74, 6) is -1.39. The van der Waals surface area contributed by atoms with Crippen LogP contribution in [0.5, 0.6) is 0 Å². The van der Waals surface area contributed by atoms with Crippen molar-refractivity contribution < 1.29 is 14.7 Å². The van der Waals surface area contributed by atoms with Gasteiger partial charge in [-0.15, -0.1) is 0 Å². The molecule has 0 saturated heterocycles. The number of hydrogen-bond acceptors (Lipinski definition) is 3. The van der Waals surface area contributed by atoms with Crippen molar-refractivity contribution in [3.05, 3.63) is 63.6 Å². The summed E-state index contributed by atoms with van der Waals surface area (Å²) < 4.78 is 0.885. The number of carbonyl (C=O) groups is 2. The Bertz CT molecular complexity index is 779. The fourth-order valence-corrected chi connectivity index (χ4v) is 2.55. The normalized spacial score (nSPS) is 14.9. The molecule has 0 atom stereocenters. The van der Waals surface area contributed by atoms with Gasteiger partial charge in [0.2, 0.25) is 0 Å². The van der Waals surface area contributed by atoms with E-state index in [4.69, 9.17) is 0 Å². The van der Waals surface area contributed by atoms with E-state index < -0.39 is 5.97 Å². The third-order valence-electron chi connectivity index (χ3n) is 3.22. The highest BCUT2D eigenvalue weighted by Crippen LogP contribution is 2.34. The lowest BCUT2D eigenvalue weighted by Gasteiger charge is -2.03. The van der Waals surface area contributed by atoms with Gasteiger partial charge < -0.3 is 15.2 Å². The van der Waals surface area contributed by atoms with Crippen molar-refractivity contribution in [1.82, 2.24) is 0 Å². The molecule has 0 radical (unpaired) electrons. The Hall–Kier alpha value is -2.40. The Morgan fingerprint density at radius 3 is 2.52 bits per heavy atom. The zero-order chi connectivity index (χ0) is 15.0. The number of carboxylic acid groups (broad SMARTS) is 1. The van der Waals surface area contributed by atoms with Crippen molar-refractivity contribution in [1.29, 1.82) is 0 Å². The lowest BCUT2D eigenvalue weighted by molar-refractivity contribution is -0.255. The van der Waals surface area contributed by atoms with Crippen LogP contribution in [0.2, 0.25) is 0 Å². The molecule has 0 saturated carbocycles. The molecule has 1 amide bonds. The minimum Gasteiger partial charge on any atom is -0.545 e. The van der Waals surface area contributed by atoms with Crippen molar-refractivity contribution in [2.45, 2.75) is 0 Å². The summed E-state index contributed by atoms with van der Waals surface area (Å²) in [4.78, 5) is 22.7. The Kier molecular flexibility index (Phi) is 3.35. The van der Waals surface area contributed by atoms with Gasteiger partial charge in [0.05, 0.1) is 5.97 Å². The number of hydrogen-bond donors (Lipinski definition) is 1. The maximum atomic E-state index is 12.0. The molecule has 4 nitrogen and oxygen atoms in total. The van der Waals surface area contributed by atoms with Gasteiger partial charge in [0.25, 0.3) is 5.91 Å². The molecule has 21 heavy (non-hydrogen) atoms. The van der Waals surface area contributed by atoms with Crippen LogP contribution in [0.25, 0.3) is 11.6 Å². The van der Waals surface area contributed by atoms with Crippen LogP contribution in [0, 0.1) is 0 Å². The van der Waals surface area contributed by atoms with E-state index >= 15 is 0 Å². The van der Waals surface area contributed by atoms with E-state index in [2.05, 4.69) is 21.2 Å². The molecule has 0 bridgehead atoms. The van der Waals surface area contributed by atoms with Crippen molar-refractivity contribution in [2.24, 2.45) is 0 Å². The number of halogens is 1. The van der Waals surface area contributed by atoms with Crippen molar-refractivity contribution in [3.8, 4) is 0 Å². The van der Waals surface area contributed by atoms with Gasteiger partial charge in [0.15, 0.2) is 0 Å². The third kappa shape index (κ3) is 2.60. The smallest absolute Gasteiger partial charge is 0.256 e. The highest BCUT2D eigenvalue weighted by atomic mass is 79.9. The van der Waals surface area contributed by atoms with Crippen LogP contribution >= 0.6 is 15.9 Å². The Balaban J connectivity index is 2.02. The molecule has 2 aromatic carbocycles. The first-order valence-electron chi connectivity index (χ1n) is 6.19. The Labute approximate surface area is 129 Å². The number of aromatic carboxylic acids is 1. The van der Waals surface area contributed by atoms with Gasteiger partial charge in [-0.1, -0.05) is 40.2 Å². The van der Waals surface area contributed by atoms with Crippen molar-refractivity contribution in [2.75, 3.05) is 5.32 Å². The molecule has 0 aliphatic carbocycles. The summed E-state index contributed by atoms with van der Waals surface area (Å²) in [7, 11) is 0. The molecule has 0 fully saturated rings. The number of rotatable bonds is 2. The summed E-state index contributed by atoms with van der Waals surface area (Å²) in [6, 6.07) is 11.7. The molecule has 0 unspecified atom stereocenters. The van der Waals surface area contributed by atoms with Crippen LogP contribution in [0.15, 0.2) is 46.9 Å². The maximum absolute atomic E-state index is 12.0. The zero-order valence-corrected chi connectivity index (χ0v) is 12.3. The number of carbonyl (C=O) groups excluding carboxylic acids is 2. The van der Waals surface area contributed by atoms with E-state index in [1.165, 1.54) is 12.1 Å². The summed E-state index contributed by atoms with van der Waals surface area (Å²) in [6.45, 7) is 0. The number of anilines is 1. The zero-order valence-electron chi connectivity index (χ0n) is 10.7. The number of nitrogens with one attached hydrogen (secondary N) is 1. The van der Waals surface area contributed by atoms with Gasteiger partial charge in [-0.25, -0.2) is 0 Å². The van der Waals surface area contributed by atoms with Crippen LogP contribution in [0.3, 0.4) is 0 Å². The number of fused-ring (bicyclic) bond motifs is 1. The second-order valence-corrected chi connectivity index (χ2v) is 5.53. The molecular weight excluding hydrogens is 334 g/mol. The minimum absolute atomic E-state index is 0.108. The molecule has 104 valence electrons. The quantitative estimate of drug-likeness (QED) is 0.851. The summed E-state index contributed by atoms with van der Waals surface area (Å²) in [6.07, 6.45) is 1.73.